The maximum absolute atomic E-state index is 12.3. The van der Waals surface area contributed by atoms with Crippen LogP contribution in [0.1, 0.15) is 24.0 Å². The summed E-state index contributed by atoms with van der Waals surface area (Å²) in [5, 5.41) is 0. The first kappa shape index (κ1) is 14.2. The van der Waals surface area contributed by atoms with Gasteiger partial charge in [0.05, 0.1) is 0 Å². The van der Waals surface area contributed by atoms with Gasteiger partial charge < -0.3 is 9.64 Å². The molecule has 3 heteroatoms. The van der Waals surface area contributed by atoms with Crippen LogP contribution in [-0.2, 0) is 4.79 Å². The van der Waals surface area contributed by atoms with Crippen molar-refractivity contribution in [2.24, 2.45) is 11.8 Å². The van der Waals surface area contributed by atoms with E-state index in [-0.39, 0.29) is 12.5 Å². The van der Waals surface area contributed by atoms with Crippen LogP contribution in [0.4, 0.5) is 0 Å². The second-order valence-electron chi connectivity index (χ2n) is 6.25. The molecule has 2 unspecified atom stereocenters. The van der Waals surface area contributed by atoms with Crippen molar-refractivity contribution < 1.29 is 9.53 Å². The number of allylic oxidation sites excluding steroid dienone is 2. The Balaban J connectivity index is 1.56. The molecule has 3 nitrogen and oxygen atoms in total. The molecule has 0 saturated carbocycles. The summed E-state index contributed by atoms with van der Waals surface area (Å²) in [5.41, 5.74) is 2.31. The number of rotatable bonds is 3. The lowest BCUT2D eigenvalue weighted by atomic mass is 9.86. The Bertz CT molecular complexity index is 548. The largest absolute Gasteiger partial charge is 0.483 e. The number of fused-ring (bicyclic) bond motifs is 1. The van der Waals surface area contributed by atoms with Gasteiger partial charge in [-0.1, -0.05) is 24.3 Å². The van der Waals surface area contributed by atoms with E-state index in [1.165, 1.54) is 5.56 Å². The zero-order chi connectivity index (χ0) is 14.8. The number of carbonyl (C=O) groups excluding carboxylic acids is 1. The van der Waals surface area contributed by atoms with E-state index in [0.717, 1.165) is 37.2 Å². The molecule has 2 atom stereocenters. The lowest BCUT2D eigenvalue weighted by molar-refractivity contribution is -0.132. The van der Waals surface area contributed by atoms with Crippen molar-refractivity contribution in [3.8, 4) is 5.75 Å². The smallest absolute Gasteiger partial charge is 0.260 e. The summed E-state index contributed by atoms with van der Waals surface area (Å²) in [6.45, 7) is 6.03. The zero-order valence-electron chi connectivity index (χ0n) is 12.8. The number of benzene rings is 1. The van der Waals surface area contributed by atoms with Crippen LogP contribution in [0.3, 0.4) is 0 Å². The van der Waals surface area contributed by atoms with Crippen LogP contribution in [0.2, 0.25) is 0 Å². The Hall–Kier alpha value is -1.77. The van der Waals surface area contributed by atoms with Gasteiger partial charge in [0.15, 0.2) is 6.61 Å². The van der Waals surface area contributed by atoms with Gasteiger partial charge in [-0.05, 0) is 55.7 Å². The lowest BCUT2D eigenvalue weighted by Gasteiger charge is -2.17. The lowest BCUT2D eigenvalue weighted by Crippen LogP contribution is -2.33. The first-order valence-corrected chi connectivity index (χ1v) is 7.77. The first-order valence-electron chi connectivity index (χ1n) is 7.77. The Morgan fingerprint density at radius 3 is 2.52 bits per heavy atom. The van der Waals surface area contributed by atoms with Crippen molar-refractivity contribution >= 4 is 5.91 Å². The van der Waals surface area contributed by atoms with E-state index in [1.54, 1.807) is 0 Å². The average molecular weight is 285 g/mol. The third kappa shape index (κ3) is 2.97. The van der Waals surface area contributed by atoms with Crippen LogP contribution in [0.25, 0.3) is 0 Å². The van der Waals surface area contributed by atoms with E-state index in [9.17, 15) is 4.79 Å². The molecule has 1 fully saturated rings. The molecule has 1 aliphatic heterocycles. The van der Waals surface area contributed by atoms with Crippen LogP contribution in [0.15, 0.2) is 30.4 Å². The van der Waals surface area contributed by atoms with Crippen LogP contribution in [0.5, 0.6) is 5.75 Å². The number of hydrogen-bond acceptors (Lipinski definition) is 2. The minimum absolute atomic E-state index is 0.116. The number of hydrogen-bond donors (Lipinski definition) is 0. The van der Waals surface area contributed by atoms with E-state index in [2.05, 4.69) is 25.1 Å². The van der Waals surface area contributed by atoms with Crippen molar-refractivity contribution in [3.05, 3.63) is 41.5 Å². The van der Waals surface area contributed by atoms with Gasteiger partial charge in [-0.25, -0.2) is 0 Å². The molecule has 21 heavy (non-hydrogen) atoms. The molecular weight excluding hydrogens is 262 g/mol. The normalized spacial score (nSPS) is 24.0. The highest BCUT2D eigenvalue weighted by atomic mass is 16.5. The van der Waals surface area contributed by atoms with E-state index < -0.39 is 0 Å². The van der Waals surface area contributed by atoms with Gasteiger partial charge in [-0.3, -0.25) is 4.79 Å². The van der Waals surface area contributed by atoms with E-state index in [0.29, 0.717) is 11.8 Å². The molecule has 0 spiro atoms. The Morgan fingerprint density at radius 2 is 1.86 bits per heavy atom. The summed E-state index contributed by atoms with van der Waals surface area (Å²) >= 11 is 0. The standard InChI is InChI=1S/C18H23NO2/c1-13-6-5-9-17(14(13)2)21-12-18(20)19-10-15-7-3-4-8-16(15)11-19/h3-6,9,15-16H,7-8,10-12H2,1-2H3. The number of likely N-dealkylation sites (tertiary alicyclic amines) is 1. The molecule has 0 N–H and O–H groups in total. The van der Waals surface area contributed by atoms with Gasteiger partial charge in [-0.15, -0.1) is 0 Å². The highest BCUT2D eigenvalue weighted by Gasteiger charge is 2.35. The van der Waals surface area contributed by atoms with Crippen LogP contribution in [0, 0.1) is 25.7 Å². The molecule has 1 aromatic carbocycles. The van der Waals surface area contributed by atoms with Crippen molar-refractivity contribution in [1.29, 1.82) is 0 Å². The van der Waals surface area contributed by atoms with Gasteiger partial charge >= 0.3 is 0 Å². The SMILES string of the molecule is Cc1cccc(OCC(=O)N2CC3CC=CCC3C2)c1C. The molecule has 2 aliphatic rings. The van der Waals surface area contributed by atoms with Crippen molar-refractivity contribution in [1.82, 2.24) is 4.90 Å². The summed E-state index contributed by atoms with van der Waals surface area (Å²) in [6.07, 6.45) is 6.74. The molecule has 1 aromatic rings. The Kier molecular flexibility index (Phi) is 4.00. The van der Waals surface area contributed by atoms with Crippen molar-refractivity contribution in [2.75, 3.05) is 19.7 Å². The average Bonchev–Trinajstić information content (AvgIpc) is 2.92. The summed E-state index contributed by atoms with van der Waals surface area (Å²) in [5.74, 6) is 2.24. The van der Waals surface area contributed by atoms with Gasteiger partial charge in [0.1, 0.15) is 5.75 Å². The number of amides is 1. The molecular formula is C18H23NO2. The molecule has 112 valence electrons. The molecule has 0 bridgehead atoms. The molecule has 1 heterocycles. The van der Waals surface area contributed by atoms with Crippen LogP contribution >= 0.6 is 0 Å². The topological polar surface area (TPSA) is 29.5 Å². The third-order valence-electron chi connectivity index (χ3n) is 4.88. The molecule has 1 saturated heterocycles. The fraction of sp³-hybridized carbons (Fsp3) is 0.500. The maximum atomic E-state index is 12.3. The van der Waals surface area contributed by atoms with Gasteiger partial charge in [0.25, 0.3) is 5.91 Å². The van der Waals surface area contributed by atoms with E-state index in [1.807, 2.05) is 24.0 Å². The fourth-order valence-corrected chi connectivity index (χ4v) is 3.33. The third-order valence-corrected chi connectivity index (χ3v) is 4.88. The van der Waals surface area contributed by atoms with Gasteiger partial charge in [0.2, 0.25) is 0 Å². The number of aryl methyl sites for hydroxylation is 1. The molecule has 3 rings (SSSR count). The zero-order valence-corrected chi connectivity index (χ0v) is 12.8. The Labute approximate surface area is 126 Å². The summed E-state index contributed by atoms with van der Waals surface area (Å²) in [4.78, 5) is 14.3. The first-order chi connectivity index (χ1) is 10.1. The molecule has 0 radical (unpaired) electrons. The van der Waals surface area contributed by atoms with E-state index >= 15 is 0 Å². The number of ether oxygens (including phenoxy) is 1. The summed E-state index contributed by atoms with van der Waals surface area (Å²) in [6, 6.07) is 5.96. The number of nitrogens with zero attached hydrogens (tertiary/aromatic N) is 1. The second kappa shape index (κ2) is 5.92. The van der Waals surface area contributed by atoms with Crippen molar-refractivity contribution in [3.63, 3.8) is 0 Å². The molecule has 1 amide bonds. The summed E-state index contributed by atoms with van der Waals surface area (Å²) in [7, 11) is 0. The van der Waals surface area contributed by atoms with Crippen LogP contribution < -0.4 is 4.74 Å². The quantitative estimate of drug-likeness (QED) is 0.799. The predicted molar refractivity (Wildman–Crippen MR) is 83.3 cm³/mol. The van der Waals surface area contributed by atoms with Gasteiger partial charge in [0, 0.05) is 13.1 Å². The predicted octanol–water partition coefficient (Wildman–Crippen LogP) is 3.11. The second-order valence-corrected chi connectivity index (χ2v) is 6.25. The highest BCUT2D eigenvalue weighted by molar-refractivity contribution is 5.78. The molecule has 0 aromatic heterocycles. The minimum Gasteiger partial charge on any atom is -0.483 e. The highest BCUT2D eigenvalue weighted by Crippen LogP contribution is 2.32. The molecule has 1 aliphatic carbocycles. The van der Waals surface area contributed by atoms with E-state index in [4.69, 9.17) is 4.74 Å². The fourth-order valence-electron chi connectivity index (χ4n) is 3.33. The number of carbonyl (C=O) groups is 1. The minimum atomic E-state index is 0.116. The Morgan fingerprint density at radius 1 is 1.19 bits per heavy atom. The van der Waals surface area contributed by atoms with Crippen LogP contribution in [-0.4, -0.2) is 30.5 Å². The summed E-state index contributed by atoms with van der Waals surface area (Å²) < 4.78 is 5.74. The van der Waals surface area contributed by atoms with Crippen molar-refractivity contribution in [2.45, 2.75) is 26.7 Å². The monoisotopic (exact) mass is 285 g/mol. The maximum Gasteiger partial charge on any atom is 0.260 e. The van der Waals surface area contributed by atoms with Gasteiger partial charge in [-0.2, -0.15) is 0 Å².